The van der Waals surface area contributed by atoms with Crippen LogP contribution < -0.4 is 4.72 Å². The molecule has 0 radical (unpaired) electrons. The van der Waals surface area contributed by atoms with E-state index >= 15 is 0 Å². The first-order chi connectivity index (χ1) is 11.2. The second-order valence-electron chi connectivity index (χ2n) is 4.81. The van der Waals surface area contributed by atoms with Crippen molar-refractivity contribution in [2.75, 3.05) is 11.0 Å². The van der Waals surface area contributed by atoms with Crippen LogP contribution in [0.3, 0.4) is 0 Å². The van der Waals surface area contributed by atoms with Gasteiger partial charge >= 0.3 is 0 Å². The predicted molar refractivity (Wildman–Crippen MR) is 86.2 cm³/mol. The molecular formula is C15H11N3O4S2. The molecule has 0 bridgehead atoms. The first-order valence-electron chi connectivity index (χ1n) is 6.45. The van der Waals surface area contributed by atoms with E-state index in [4.69, 9.17) is 5.26 Å². The van der Waals surface area contributed by atoms with Crippen molar-refractivity contribution in [3.63, 3.8) is 0 Å². The number of hydrogen-bond acceptors (Lipinski definition) is 6. The molecule has 0 aromatic heterocycles. The smallest absolute Gasteiger partial charge is 0.229 e. The van der Waals surface area contributed by atoms with E-state index in [0.717, 1.165) is 12.3 Å². The molecule has 0 unspecified atom stereocenters. The Labute approximate surface area is 139 Å². The molecule has 122 valence electrons. The molecule has 2 rings (SSSR count). The van der Waals surface area contributed by atoms with E-state index < -0.39 is 19.9 Å². The number of anilines is 1. The Balaban J connectivity index is 2.64. The van der Waals surface area contributed by atoms with Gasteiger partial charge < -0.3 is 0 Å². The second-order valence-corrected chi connectivity index (χ2v) is 8.47. The first-order valence-corrected chi connectivity index (χ1v) is 9.82. The second kappa shape index (κ2) is 6.32. The van der Waals surface area contributed by atoms with Crippen LogP contribution in [0.25, 0.3) is 0 Å². The maximum atomic E-state index is 12.8. The number of nitriles is 2. The molecule has 0 saturated heterocycles. The minimum absolute atomic E-state index is 0.0519. The van der Waals surface area contributed by atoms with Crippen molar-refractivity contribution < 1.29 is 16.8 Å². The molecule has 2 aromatic rings. The Bertz CT molecular complexity index is 1090. The van der Waals surface area contributed by atoms with Crippen LogP contribution in [-0.2, 0) is 19.9 Å². The summed E-state index contributed by atoms with van der Waals surface area (Å²) in [4.78, 5) is -0.497. The molecule has 24 heavy (non-hydrogen) atoms. The molecule has 0 aliphatic carbocycles. The average molecular weight is 361 g/mol. The third-order valence-electron chi connectivity index (χ3n) is 3.00. The van der Waals surface area contributed by atoms with Gasteiger partial charge in [-0.25, -0.2) is 16.8 Å². The average Bonchev–Trinajstić information content (AvgIpc) is 2.52. The zero-order chi connectivity index (χ0) is 18.0. The van der Waals surface area contributed by atoms with Gasteiger partial charge in [0.1, 0.15) is 12.1 Å². The molecule has 0 aliphatic rings. The first kappa shape index (κ1) is 17.5. The maximum Gasteiger partial charge on any atom is 0.229 e. The number of nitrogens with one attached hydrogen (secondary N) is 1. The molecule has 0 aliphatic heterocycles. The van der Waals surface area contributed by atoms with Gasteiger partial charge in [0.2, 0.25) is 19.9 Å². The SMILES string of the molecule is CS(=O)(=O)Nc1cccc(S(=O)(=O)c2cccc(C#N)c2C#N)c1. The van der Waals surface area contributed by atoms with Gasteiger partial charge in [-0.2, -0.15) is 10.5 Å². The van der Waals surface area contributed by atoms with Crippen LogP contribution in [0, 0.1) is 22.7 Å². The summed E-state index contributed by atoms with van der Waals surface area (Å²) in [6.45, 7) is 0. The molecule has 0 atom stereocenters. The van der Waals surface area contributed by atoms with Gasteiger partial charge in [-0.1, -0.05) is 12.1 Å². The summed E-state index contributed by atoms with van der Waals surface area (Å²) in [6, 6.07) is 12.7. The zero-order valence-corrected chi connectivity index (χ0v) is 14.0. The Hall–Kier alpha value is -2.88. The van der Waals surface area contributed by atoms with Crippen molar-refractivity contribution in [1.29, 1.82) is 10.5 Å². The van der Waals surface area contributed by atoms with Crippen LogP contribution >= 0.6 is 0 Å². The molecule has 9 heteroatoms. The highest BCUT2D eigenvalue weighted by Crippen LogP contribution is 2.27. The third kappa shape index (κ3) is 3.54. The quantitative estimate of drug-likeness (QED) is 0.881. The monoisotopic (exact) mass is 361 g/mol. The van der Waals surface area contributed by atoms with Crippen molar-refractivity contribution in [1.82, 2.24) is 0 Å². The number of hydrogen-bond donors (Lipinski definition) is 1. The van der Waals surface area contributed by atoms with Gasteiger partial charge in [-0.3, -0.25) is 4.72 Å². The summed E-state index contributed by atoms with van der Waals surface area (Å²) < 4.78 is 50.3. The van der Waals surface area contributed by atoms with E-state index in [1.165, 1.54) is 36.4 Å². The lowest BCUT2D eigenvalue weighted by Crippen LogP contribution is -2.11. The number of sulfone groups is 1. The summed E-state index contributed by atoms with van der Waals surface area (Å²) in [5, 5.41) is 18.2. The van der Waals surface area contributed by atoms with Gasteiger partial charge in [-0.15, -0.1) is 0 Å². The lowest BCUT2D eigenvalue weighted by Gasteiger charge is -2.09. The van der Waals surface area contributed by atoms with Crippen LogP contribution in [0.1, 0.15) is 11.1 Å². The molecular weight excluding hydrogens is 350 g/mol. The van der Waals surface area contributed by atoms with Gasteiger partial charge in [0.05, 0.1) is 27.2 Å². The van der Waals surface area contributed by atoms with Crippen molar-refractivity contribution >= 4 is 25.5 Å². The highest BCUT2D eigenvalue weighted by molar-refractivity contribution is 7.92. The maximum absolute atomic E-state index is 12.8. The van der Waals surface area contributed by atoms with E-state index in [9.17, 15) is 22.1 Å². The Morgan fingerprint density at radius 1 is 0.958 bits per heavy atom. The Kier molecular flexibility index (Phi) is 4.60. The molecule has 1 N–H and O–H groups in total. The highest BCUT2D eigenvalue weighted by atomic mass is 32.2. The van der Waals surface area contributed by atoms with Crippen LogP contribution in [0.2, 0.25) is 0 Å². The lowest BCUT2D eigenvalue weighted by molar-refractivity contribution is 0.595. The van der Waals surface area contributed by atoms with Crippen LogP contribution in [-0.4, -0.2) is 23.1 Å². The summed E-state index contributed by atoms with van der Waals surface area (Å²) in [6.07, 6.45) is 0.943. The molecule has 7 nitrogen and oxygen atoms in total. The van der Waals surface area contributed by atoms with E-state index in [-0.39, 0.29) is 26.6 Å². The van der Waals surface area contributed by atoms with Crippen molar-refractivity contribution in [2.45, 2.75) is 9.79 Å². The van der Waals surface area contributed by atoms with Crippen LogP contribution in [0.15, 0.2) is 52.3 Å². The van der Waals surface area contributed by atoms with Crippen molar-refractivity contribution in [2.24, 2.45) is 0 Å². The molecule has 0 saturated carbocycles. The van der Waals surface area contributed by atoms with E-state index in [1.54, 1.807) is 12.1 Å². The molecule has 0 heterocycles. The van der Waals surface area contributed by atoms with Gasteiger partial charge in [0.15, 0.2) is 0 Å². The zero-order valence-electron chi connectivity index (χ0n) is 12.4. The summed E-state index contributed by atoms with van der Waals surface area (Å²) in [5.74, 6) is 0. The van der Waals surface area contributed by atoms with Crippen molar-refractivity contribution in [3.8, 4) is 12.1 Å². The van der Waals surface area contributed by atoms with E-state index in [2.05, 4.69) is 4.72 Å². The standard InChI is InChI=1S/C15H11N3O4S2/c1-23(19,20)18-12-5-3-6-13(8-12)24(21,22)15-7-2-4-11(9-16)14(15)10-17/h2-8,18H,1H3. The summed E-state index contributed by atoms with van der Waals surface area (Å²) in [5.41, 5.74) is -0.223. The highest BCUT2D eigenvalue weighted by Gasteiger charge is 2.23. The Morgan fingerprint density at radius 3 is 2.21 bits per heavy atom. The van der Waals surface area contributed by atoms with Gasteiger partial charge in [0.25, 0.3) is 0 Å². The van der Waals surface area contributed by atoms with Gasteiger partial charge in [0, 0.05) is 5.69 Å². The third-order valence-corrected chi connectivity index (χ3v) is 5.40. The number of nitrogens with zero attached hydrogens (tertiary/aromatic N) is 2. The minimum atomic E-state index is -4.10. The van der Waals surface area contributed by atoms with Crippen LogP contribution in [0.5, 0.6) is 0 Å². The Morgan fingerprint density at radius 2 is 1.62 bits per heavy atom. The largest absolute Gasteiger partial charge is 0.284 e. The fourth-order valence-corrected chi connectivity index (χ4v) is 4.06. The normalized spacial score (nSPS) is 11.3. The predicted octanol–water partition coefficient (Wildman–Crippen LogP) is 1.63. The number of rotatable bonds is 4. The molecule has 2 aromatic carbocycles. The number of sulfonamides is 1. The summed E-state index contributed by atoms with van der Waals surface area (Å²) >= 11 is 0. The molecule has 0 spiro atoms. The molecule has 0 fully saturated rings. The lowest BCUT2D eigenvalue weighted by atomic mass is 10.1. The number of benzene rings is 2. The van der Waals surface area contributed by atoms with Crippen molar-refractivity contribution in [3.05, 3.63) is 53.6 Å². The fourth-order valence-electron chi connectivity index (χ4n) is 2.03. The minimum Gasteiger partial charge on any atom is -0.284 e. The topological polar surface area (TPSA) is 128 Å². The summed E-state index contributed by atoms with van der Waals surface area (Å²) in [7, 11) is -7.67. The van der Waals surface area contributed by atoms with Gasteiger partial charge in [-0.05, 0) is 30.3 Å². The van der Waals surface area contributed by atoms with E-state index in [0.29, 0.717) is 0 Å². The molecule has 0 amide bonds. The van der Waals surface area contributed by atoms with Crippen LogP contribution in [0.4, 0.5) is 5.69 Å². The van der Waals surface area contributed by atoms with E-state index in [1.807, 2.05) is 0 Å². The fraction of sp³-hybridized carbons (Fsp3) is 0.0667.